The largest absolute Gasteiger partial charge is 0.464 e. The summed E-state index contributed by atoms with van der Waals surface area (Å²) in [5.74, 6) is -2.36. The van der Waals surface area contributed by atoms with Gasteiger partial charge in [-0.3, -0.25) is 9.69 Å². The molecule has 3 aromatic rings. The molecule has 1 aromatic heterocycles. The first-order chi connectivity index (χ1) is 14.4. The highest BCUT2D eigenvalue weighted by Gasteiger charge is 2.48. The number of likely N-dealkylation sites (tertiary alicyclic amines) is 1. The quantitative estimate of drug-likeness (QED) is 0.461. The second-order valence-corrected chi connectivity index (χ2v) is 7.96. The zero-order valence-corrected chi connectivity index (χ0v) is 17.1. The van der Waals surface area contributed by atoms with Gasteiger partial charge in [-0.05, 0) is 23.8 Å². The van der Waals surface area contributed by atoms with E-state index in [1.165, 1.54) is 24.8 Å². The maximum atomic E-state index is 15.2. The van der Waals surface area contributed by atoms with Gasteiger partial charge in [0.2, 0.25) is 5.78 Å². The fraction of sp³-hybridized carbons (Fsp3) is 0.333. The van der Waals surface area contributed by atoms with Crippen LogP contribution in [0, 0.1) is 11.7 Å². The van der Waals surface area contributed by atoms with Gasteiger partial charge in [0, 0.05) is 49.8 Å². The lowest BCUT2D eigenvalue weighted by molar-refractivity contribution is -0.178. The summed E-state index contributed by atoms with van der Waals surface area (Å²) in [6, 6.07) is 14.7. The number of carbonyl (C=O) groups excluding carboxylic acids is 2. The number of halogens is 1. The highest BCUT2D eigenvalue weighted by atomic mass is 19.1. The average Bonchev–Trinajstić information content (AvgIpc) is 3.19. The van der Waals surface area contributed by atoms with E-state index in [9.17, 15) is 9.59 Å². The summed E-state index contributed by atoms with van der Waals surface area (Å²) in [6.45, 7) is 5.04. The molecular formula is C24H24FNO4. The van der Waals surface area contributed by atoms with Gasteiger partial charge in [0.15, 0.2) is 0 Å². The van der Waals surface area contributed by atoms with Crippen molar-refractivity contribution in [3.05, 3.63) is 71.7 Å². The Balaban J connectivity index is 1.72. The number of ether oxygens (including phenoxy) is 1. The van der Waals surface area contributed by atoms with E-state index >= 15 is 4.39 Å². The molecule has 1 fully saturated rings. The predicted octanol–water partition coefficient (Wildman–Crippen LogP) is 4.44. The number of hydrogen-bond donors (Lipinski definition) is 0. The molecule has 30 heavy (non-hydrogen) atoms. The van der Waals surface area contributed by atoms with Crippen LogP contribution in [0.2, 0.25) is 0 Å². The highest BCUT2D eigenvalue weighted by molar-refractivity contribution is 6.32. The molecule has 0 bridgehead atoms. The van der Waals surface area contributed by atoms with E-state index in [4.69, 9.17) is 9.15 Å². The van der Waals surface area contributed by atoms with Gasteiger partial charge in [-0.25, -0.2) is 9.18 Å². The third-order valence-electron chi connectivity index (χ3n) is 5.95. The van der Waals surface area contributed by atoms with Crippen LogP contribution < -0.4 is 0 Å². The van der Waals surface area contributed by atoms with Gasteiger partial charge >= 0.3 is 5.97 Å². The Hall–Kier alpha value is -2.99. The summed E-state index contributed by atoms with van der Waals surface area (Å²) in [6.07, 6.45) is 1.87. The van der Waals surface area contributed by atoms with Crippen LogP contribution in [0.5, 0.6) is 0 Å². The number of fused-ring (bicyclic) bond motifs is 1. The summed E-state index contributed by atoms with van der Waals surface area (Å²) in [7, 11) is 0. The lowest BCUT2D eigenvalue weighted by atomic mass is 9.75. The zero-order chi connectivity index (χ0) is 21.3. The minimum absolute atomic E-state index is 0.242. The first-order valence-corrected chi connectivity index (χ1v) is 10.1. The van der Waals surface area contributed by atoms with Crippen LogP contribution in [0.4, 0.5) is 4.39 Å². The van der Waals surface area contributed by atoms with E-state index in [-0.39, 0.29) is 11.5 Å². The fourth-order valence-electron chi connectivity index (χ4n) is 4.44. The SMILES string of the molecule is CC(=O)C(=O)OC1(c2c(F)ccc3occc23)CCN(Cc2ccccc2)CC1C. The van der Waals surface area contributed by atoms with Crippen molar-refractivity contribution in [2.45, 2.75) is 32.4 Å². The molecule has 1 aliphatic rings. The number of rotatable bonds is 5. The Labute approximate surface area is 174 Å². The number of esters is 1. The van der Waals surface area contributed by atoms with Crippen LogP contribution in [0.15, 0.2) is 59.2 Å². The van der Waals surface area contributed by atoms with Crippen LogP contribution in [-0.2, 0) is 26.5 Å². The van der Waals surface area contributed by atoms with Crippen molar-refractivity contribution in [2.75, 3.05) is 13.1 Å². The Bertz CT molecular complexity index is 1080. The minimum Gasteiger partial charge on any atom is -0.464 e. The number of Topliss-reactive ketones (excluding diaryl/α,β-unsaturated/α-hetero) is 1. The lowest BCUT2D eigenvalue weighted by Gasteiger charge is -2.46. The van der Waals surface area contributed by atoms with E-state index in [1.54, 1.807) is 12.1 Å². The van der Waals surface area contributed by atoms with Gasteiger partial charge in [0.05, 0.1) is 6.26 Å². The van der Waals surface area contributed by atoms with Crippen molar-refractivity contribution in [3.8, 4) is 0 Å². The standard InChI is InChI=1S/C24H24FNO4/c1-16-14-26(15-18-6-4-3-5-7-18)12-11-24(16,30-23(28)17(2)27)22-19-10-13-29-21(19)9-8-20(22)25/h3-10,13,16H,11-12,14-15H2,1-2H3. The maximum Gasteiger partial charge on any atom is 0.375 e. The number of benzene rings is 2. The Morgan fingerprint density at radius 3 is 2.67 bits per heavy atom. The third-order valence-corrected chi connectivity index (χ3v) is 5.95. The van der Waals surface area contributed by atoms with Gasteiger partial charge in [-0.1, -0.05) is 37.3 Å². The van der Waals surface area contributed by atoms with Crippen LogP contribution >= 0.6 is 0 Å². The van der Waals surface area contributed by atoms with E-state index < -0.39 is 23.2 Å². The van der Waals surface area contributed by atoms with Gasteiger partial charge in [-0.2, -0.15) is 0 Å². The molecule has 0 N–H and O–H groups in total. The number of ketones is 1. The molecule has 2 atom stereocenters. The van der Waals surface area contributed by atoms with Crippen LogP contribution in [0.1, 0.15) is 31.4 Å². The van der Waals surface area contributed by atoms with Crippen molar-refractivity contribution < 1.29 is 23.1 Å². The van der Waals surface area contributed by atoms with Crippen molar-refractivity contribution in [1.29, 1.82) is 0 Å². The third kappa shape index (κ3) is 3.63. The van der Waals surface area contributed by atoms with E-state index in [0.717, 1.165) is 6.54 Å². The van der Waals surface area contributed by atoms with Crippen LogP contribution in [0.3, 0.4) is 0 Å². The number of nitrogens with zero attached hydrogens (tertiary/aromatic N) is 1. The first kappa shape index (κ1) is 20.3. The number of hydrogen-bond acceptors (Lipinski definition) is 5. The molecule has 0 amide bonds. The molecular weight excluding hydrogens is 385 g/mol. The van der Waals surface area contributed by atoms with Gasteiger partial charge < -0.3 is 9.15 Å². The van der Waals surface area contributed by atoms with Gasteiger partial charge in [0.25, 0.3) is 0 Å². The average molecular weight is 409 g/mol. The second-order valence-electron chi connectivity index (χ2n) is 7.96. The molecule has 5 nitrogen and oxygen atoms in total. The minimum atomic E-state index is -1.25. The van der Waals surface area contributed by atoms with Crippen LogP contribution in [-0.4, -0.2) is 29.7 Å². The fourth-order valence-corrected chi connectivity index (χ4v) is 4.44. The Morgan fingerprint density at radius 2 is 1.97 bits per heavy atom. The summed E-state index contributed by atoms with van der Waals surface area (Å²) < 4.78 is 26.4. The number of carbonyl (C=O) groups is 2. The summed E-state index contributed by atoms with van der Waals surface area (Å²) >= 11 is 0. The monoisotopic (exact) mass is 409 g/mol. The molecule has 1 aliphatic heterocycles. The van der Waals surface area contributed by atoms with E-state index in [0.29, 0.717) is 30.5 Å². The normalized spacial score (nSPS) is 22.2. The summed E-state index contributed by atoms with van der Waals surface area (Å²) in [5, 5.41) is 0.565. The van der Waals surface area contributed by atoms with Crippen molar-refractivity contribution >= 4 is 22.7 Å². The molecule has 2 aromatic carbocycles. The Morgan fingerprint density at radius 1 is 1.20 bits per heavy atom. The molecule has 2 unspecified atom stereocenters. The molecule has 1 saturated heterocycles. The molecule has 2 heterocycles. The lowest BCUT2D eigenvalue weighted by Crippen LogP contribution is -2.52. The maximum absolute atomic E-state index is 15.2. The summed E-state index contributed by atoms with van der Waals surface area (Å²) in [4.78, 5) is 26.3. The van der Waals surface area contributed by atoms with Crippen molar-refractivity contribution in [1.82, 2.24) is 4.90 Å². The number of furan rings is 1. The molecule has 0 aliphatic carbocycles. The van der Waals surface area contributed by atoms with Gasteiger partial charge in [0.1, 0.15) is 17.0 Å². The van der Waals surface area contributed by atoms with Crippen molar-refractivity contribution in [3.63, 3.8) is 0 Å². The molecule has 6 heteroatoms. The predicted molar refractivity (Wildman–Crippen MR) is 110 cm³/mol. The zero-order valence-electron chi connectivity index (χ0n) is 17.1. The van der Waals surface area contributed by atoms with Gasteiger partial charge in [-0.15, -0.1) is 0 Å². The molecule has 0 saturated carbocycles. The topological polar surface area (TPSA) is 59.8 Å². The van der Waals surface area contributed by atoms with Crippen LogP contribution in [0.25, 0.3) is 11.0 Å². The van der Waals surface area contributed by atoms with E-state index in [1.807, 2.05) is 25.1 Å². The smallest absolute Gasteiger partial charge is 0.375 e. The first-order valence-electron chi connectivity index (χ1n) is 10.1. The second kappa shape index (κ2) is 8.03. The molecule has 0 radical (unpaired) electrons. The molecule has 0 spiro atoms. The Kier molecular flexibility index (Phi) is 5.43. The molecule has 156 valence electrons. The highest BCUT2D eigenvalue weighted by Crippen LogP contribution is 2.45. The van der Waals surface area contributed by atoms with Crippen molar-refractivity contribution in [2.24, 2.45) is 5.92 Å². The summed E-state index contributed by atoms with van der Waals surface area (Å²) in [5.41, 5.74) is 0.739. The van der Waals surface area contributed by atoms with E-state index in [2.05, 4.69) is 17.0 Å². The molecule has 4 rings (SSSR count). The number of piperidine rings is 1.